The molecule has 88 valence electrons. The van der Waals surface area contributed by atoms with Gasteiger partial charge in [0, 0.05) is 0 Å². The molecule has 0 aliphatic rings. The van der Waals surface area contributed by atoms with Crippen LogP contribution < -0.4 is 16.8 Å². The summed E-state index contributed by atoms with van der Waals surface area (Å²) in [6.07, 6.45) is 0. The molecule has 15 heavy (non-hydrogen) atoms. The van der Waals surface area contributed by atoms with E-state index in [0.29, 0.717) is 0 Å². The van der Waals surface area contributed by atoms with Gasteiger partial charge < -0.3 is 16.8 Å². The van der Waals surface area contributed by atoms with Crippen LogP contribution in [0.1, 0.15) is 27.7 Å². The van der Waals surface area contributed by atoms with E-state index in [-0.39, 0.29) is 17.7 Å². The molecule has 0 spiro atoms. The molecule has 0 saturated heterocycles. The summed E-state index contributed by atoms with van der Waals surface area (Å²) in [6, 6.07) is -1.26. The Bertz CT molecular complexity index is 239. The Morgan fingerprint density at radius 1 is 1.07 bits per heavy atom. The topological polar surface area (TPSA) is 98.2 Å². The number of carbonyl (C=O) groups is 2. The van der Waals surface area contributed by atoms with Crippen molar-refractivity contribution in [2.45, 2.75) is 39.8 Å². The molecule has 0 radical (unpaired) electrons. The van der Waals surface area contributed by atoms with Gasteiger partial charge in [-0.15, -0.1) is 0 Å². The van der Waals surface area contributed by atoms with Gasteiger partial charge in [0.05, 0.1) is 6.04 Å². The summed E-state index contributed by atoms with van der Waals surface area (Å²) >= 11 is 0. The second-order valence-corrected chi connectivity index (χ2v) is 4.40. The quantitative estimate of drug-likeness (QED) is 0.581. The van der Waals surface area contributed by atoms with Gasteiger partial charge in [-0.25, -0.2) is 0 Å². The highest BCUT2D eigenvalue weighted by Gasteiger charge is 2.25. The summed E-state index contributed by atoms with van der Waals surface area (Å²) in [7, 11) is 0. The molecule has 2 atom stereocenters. The van der Waals surface area contributed by atoms with Crippen LogP contribution in [0.5, 0.6) is 0 Å². The predicted molar refractivity (Wildman–Crippen MR) is 58.8 cm³/mol. The monoisotopic (exact) mass is 215 g/mol. The Morgan fingerprint density at radius 2 is 1.53 bits per heavy atom. The number of hydrogen-bond acceptors (Lipinski definition) is 3. The van der Waals surface area contributed by atoms with E-state index >= 15 is 0 Å². The van der Waals surface area contributed by atoms with Crippen molar-refractivity contribution in [2.75, 3.05) is 0 Å². The van der Waals surface area contributed by atoms with Crippen molar-refractivity contribution in [3.63, 3.8) is 0 Å². The van der Waals surface area contributed by atoms with Crippen LogP contribution in [-0.4, -0.2) is 23.9 Å². The molecule has 0 aliphatic heterocycles. The van der Waals surface area contributed by atoms with Crippen LogP contribution >= 0.6 is 0 Å². The first-order valence-corrected chi connectivity index (χ1v) is 5.12. The van der Waals surface area contributed by atoms with Crippen LogP contribution in [0.3, 0.4) is 0 Å². The van der Waals surface area contributed by atoms with Crippen molar-refractivity contribution in [1.29, 1.82) is 0 Å². The molecule has 0 aromatic rings. The minimum Gasteiger partial charge on any atom is -0.368 e. The summed E-state index contributed by atoms with van der Waals surface area (Å²) in [5.41, 5.74) is 10.8. The fourth-order valence-corrected chi connectivity index (χ4v) is 1.12. The summed E-state index contributed by atoms with van der Waals surface area (Å²) in [4.78, 5) is 22.6. The molecule has 0 unspecified atom stereocenters. The van der Waals surface area contributed by atoms with Gasteiger partial charge in [-0.2, -0.15) is 0 Å². The number of rotatable bonds is 5. The van der Waals surface area contributed by atoms with E-state index in [4.69, 9.17) is 11.5 Å². The van der Waals surface area contributed by atoms with Crippen LogP contribution in [-0.2, 0) is 9.59 Å². The highest BCUT2D eigenvalue weighted by Crippen LogP contribution is 2.03. The zero-order valence-electron chi connectivity index (χ0n) is 9.78. The van der Waals surface area contributed by atoms with E-state index in [1.54, 1.807) is 0 Å². The van der Waals surface area contributed by atoms with E-state index in [9.17, 15) is 9.59 Å². The summed E-state index contributed by atoms with van der Waals surface area (Å²) in [6.45, 7) is 7.32. The van der Waals surface area contributed by atoms with Crippen molar-refractivity contribution < 1.29 is 9.59 Å². The van der Waals surface area contributed by atoms with Crippen LogP contribution in [0.15, 0.2) is 0 Å². The summed E-state index contributed by atoms with van der Waals surface area (Å²) in [5.74, 6) is -0.867. The number of nitrogens with two attached hydrogens (primary N) is 2. The largest absolute Gasteiger partial charge is 0.368 e. The second-order valence-electron chi connectivity index (χ2n) is 4.40. The molecular formula is C10H21N3O2. The fraction of sp³-hybridized carbons (Fsp3) is 0.800. The highest BCUT2D eigenvalue weighted by atomic mass is 16.2. The maximum Gasteiger partial charge on any atom is 0.240 e. The van der Waals surface area contributed by atoms with Gasteiger partial charge >= 0.3 is 0 Å². The lowest BCUT2D eigenvalue weighted by Crippen LogP contribution is -2.53. The smallest absolute Gasteiger partial charge is 0.240 e. The van der Waals surface area contributed by atoms with E-state index in [0.717, 1.165) is 0 Å². The fourth-order valence-electron chi connectivity index (χ4n) is 1.12. The normalized spacial score (nSPS) is 15.1. The lowest BCUT2D eigenvalue weighted by molar-refractivity contribution is -0.129. The minimum absolute atomic E-state index is 0.0330. The van der Waals surface area contributed by atoms with Crippen LogP contribution in [0.2, 0.25) is 0 Å². The molecule has 2 amide bonds. The number of carbonyl (C=O) groups excluding carboxylic acids is 2. The number of hydrogen-bond donors (Lipinski definition) is 3. The Labute approximate surface area is 90.6 Å². The average molecular weight is 215 g/mol. The molecule has 0 aromatic heterocycles. The minimum atomic E-state index is -0.651. The van der Waals surface area contributed by atoms with Crippen molar-refractivity contribution in [3.05, 3.63) is 0 Å². The maximum absolute atomic E-state index is 11.6. The molecule has 0 rings (SSSR count). The zero-order valence-corrected chi connectivity index (χ0v) is 9.78. The molecular weight excluding hydrogens is 194 g/mol. The third kappa shape index (κ3) is 4.29. The van der Waals surface area contributed by atoms with Crippen molar-refractivity contribution in [3.8, 4) is 0 Å². The van der Waals surface area contributed by atoms with Gasteiger partial charge in [-0.05, 0) is 11.8 Å². The number of amides is 2. The van der Waals surface area contributed by atoms with Crippen molar-refractivity contribution >= 4 is 11.8 Å². The predicted octanol–water partition coefficient (Wildman–Crippen LogP) is -0.404. The van der Waals surface area contributed by atoms with Gasteiger partial charge in [0.25, 0.3) is 0 Å². The van der Waals surface area contributed by atoms with Crippen LogP contribution in [0.25, 0.3) is 0 Å². The van der Waals surface area contributed by atoms with Gasteiger partial charge in [-0.3, -0.25) is 9.59 Å². The zero-order chi connectivity index (χ0) is 12.2. The van der Waals surface area contributed by atoms with Crippen molar-refractivity contribution in [2.24, 2.45) is 23.3 Å². The number of nitrogens with one attached hydrogen (secondary N) is 1. The Kier molecular flexibility index (Phi) is 5.28. The third-order valence-corrected chi connectivity index (χ3v) is 2.29. The summed E-state index contributed by atoms with van der Waals surface area (Å²) in [5, 5.41) is 2.56. The average Bonchev–Trinajstić information content (AvgIpc) is 2.11. The van der Waals surface area contributed by atoms with Gasteiger partial charge in [-0.1, -0.05) is 27.7 Å². The van der Waals surface area contributed by atoms with E-state index < -0.39 is 18.0 Å². The standard InChI is InChI=1S/C10H21N3O2/c1-5(2)7(11)10(15)13-8(6(3)4)9(12)14/h5-8H,11H2,1-4H3,(H2,12,14)(H,13,15)/t7-,8+/m0/s1. The Hall–Kier alpha value is -1.10. The molecule has 0 aliphatic carbocycles. The van der Waals surface area contributed by atoms with Gasteiger partial charge in [0.15, 0.2) is 0 Å². The van der Waals surface area contributed by atoms with E-state index in [1.165, 1.54) is 0 Å². The molecule has 0 fully saturated rings. The SMILES string of the molecule is CC(C)[C@H](N)C(=O)N[C@@H](C(N)=O)C(C)C. The molecule has 0 saturated carbocycles. The summed E-state index contributed by atoms with van der Waals surface area (Å²) < 4.78 is 0. The molecule has 5 N–H and O–H groups in total. The molecule has 0 heterocycles. The van der Waals surface area contributed by atoms with Crippen LogP contribution in [0, 0.1) is 11.8 Å². The van der Waals surface area contributed by atoms with Gasteiger partial charge in [0.1, 0.15) is 6.04 Å². The van der Waals surface area contributed by atoms with Gasteiger partial charge in [0.2, 0.25) is 11.8 Å². The van der Waals surface area contributed by atoms with E-state index in [1.807, 2.05) is 27.7 Å². The maximum atomic E-state index is 11.6. The van der Waals surface area contributed by atoms with Crippen molar-refractivity contribution in [1.82, 2.24) is 5.32 Å². The Morgan fingerprint density at radius 3 is 1.80 bits per heavy atom. The molecule has 5 heteroatoms. The first-order valence-electron chi connectivity index (χ1n) is 5.12. The van der Waals surface area contributed by atoms with E-state index in [2.05, 4.69) is 5.32 Å². The first-order chi connectivity index (χ1) is 6.77. The Balaban J connectivity index is 4.43. The molecule has 5 nitrogen and oxygen atoms in total. The van der Waals surface area contributed by atoms with Crippen LogP contribution in [0.4, 0.5) is 0 Å². The number of primary amides is 1. The first kappa shape index (κ1) is 13.9. The lowest BCUT2D eigenvalue weighted by Gasteiger charge is -2.22. The molecule has 0 bridgehead atoms. The molecule has 0 aromatic carbocycles. The lowest BCUT2D eigenvalue weighted by atomic mass is 10.0. The highest BCUT2D eigenvalue weighted by molar-refractivity contribution is 5.89. The second kappa shape index (κ2) is 5.70. The third-order valence-electron chi connectivity index (χ3n) is 2.29.